The lowest BCUT2D eigenvalue weighted by molar-refractivity contribution is -0.137. The van der Waals surface area contributed by atoms with Crippen molar-refractivity contribution < 1.29 is 32.3 Å². The summed E-state index contributed by atoms with van der Waals surface area (Å²) in [6.45, 7) is -0.195. The van der Waals surface area contributed by atoms with Gasteiger partial charge in [0.25, 0.3) is 5.91 Å². The van der Waals surface area contributed by atoms with Gasteiger partial charge in [0.15, 0.2) is 6.61 Å². The van der Waals surface area contributed by atoms with E-state index in [0.717, 1.165) is 37.8 Å². The second kappa shape index (κ2) is 11.1. The molecule has 1 saturated heterocycles. The second-order valence-corrected chi connectivity index (χ2v) is 14.5. The molecular formula is C34H26F3N3O5S2. The highest BCUT2D eigenvalue weighted by Crippen LogP contribution is 2.68. The average molecular weight is 678 g/mol. The molecule has 8 nitrogen and oxygen atoms in total. The zero-order chi connectivity index (χ0) is 32.6. The van der Waals surface area contributed by atoms with Crippen LogP contribution in [0.1, 0.15) is 28.3 Å². The predicted molar refractivity (Wildman–Crippen MR) is 169 cm³/mol. The van der Waals surface area contributed by atoms with Crippen LogP contribution in [0.3, 0.4) is 0 Å². The van der Waals surface area contributed by atoms with E-state index in [2.05, 4.69) is 10.3 Å². The van der Waals surface area contributed by atoms with E-state index in [1.807, 2.05) is 30.3 Å². The van der Waals surface area contributed by atoms with E-state index in [-0.39, 0.29) is 46.3 Å². The third kappa shape index (κ3) is 4.89. The Morgan fingerprint density at radius 3 is 2.32 bits per heavy atom. The first kappa shape index (κ1) is 30.0. The van der Waals surface area contributed by atoms with Crippen LogP contribution in [0.2, 0.25) is 0 Å². The summed E-state index contributed by atoms with van der Waals surface area (Å²) in [5.74, 6) is -3.33. The lowest BCUT2D eigenvalue weighted by Gasteiger charge is -2.43. The molecule has 0 radical (unpaired) electrons. The third-order valence-corrected chi connectivity index (χ3v) is 12.4. The minimum atomic E-state index is -4.73. The largest absolute Gasteiger partial charge is 0.484 e. The Hall–Kier alpha value is -4.36. The van der Waals surface area contributed by atoms with Gasteiger partial charge in [-0.25, -0.2) is 4.90 Å². The number of amides is 3. The summed E-state index contributed by atoms with van der Waals surface area (Å²) in [6, 6.07) is 21.0. The number of aromatic nitrogens is 1. The number of fused-ring (bicyclic) bond motifs is 9. The van der Waals surface area contributed by atoms with Crippen molar-refractivity contribution in [2.45, 2.75) is 28.8 Å². The Balaban J connectivity index is 1.08. The number of aromatic amines is 1. The van der Waals surface area contributed by atoms with Crippen molar-refractivity contribution >= 4 is 52.2 Å². The average Bonchev–Trinajstić information content (AvgIpc) is 3.79. The fraction of sp³-hybridized carbons (Fsp3) is 0.294. The van der Waals surface area contributed by atoms with E-state index in [9.17, 15) is 32.3 Å². The molecule has 13 heteroatoms. The molecule has 8 rings (SSSR count). The fourth-order valence-electron chi connectivity index (χ4n) is 8.17. The molecule has 2 aliphatic heterocycles. The number of ether oxygens (including phenoxy) is 1. The molecule has 7 atom stereocenters. The van der Waals surface area contributed by atoms with Gasteiger partial charge >= 0.3 is 11.0 Å². The van der Waals surface area contributed by atoms with Crippen LogP contribution >= 0.6 is 23.1 Å². The number of imide groups is 1. The fourth-order valence-corrected chi connectivity index (χ4v) is 11.1. The summed E-state index contributed by atoms with van der Waals surface area (Å²) in [7, 11) is 0. The van der Waals surface area contributed by atoms with Crippen molar-refractivity contribution in [2.75, 3.05) is 16.8 Å². The summed E-state index contributed by atoms with van der Waals surface area (Å²) in [6.07, 6.45) is -4.12. The predicted octanol–water partition coefficient (Wildman–Crippen LogP) is 6.15. The van der Waals surface area contributed by atoms with Crippen LogP contribution in [0.15, 0.2) is 88.7 Å². The van der Waals surface area contributed by atoms with E-state index in [1.165, 1.54) is 30.0 Å². The Bertz CT molecular complexity index is 1960. The highest BCUT2D eigenvalue weighted by Gasteiger charge is 2.70. The summed E-state index contributed by atoms with van der Waals surface area (Å²) in [5.41, 5.74) is 0.106. The van der Waals surface area contributed by atoms with Gasteiger partial charge in [0.1, 0.15) is 5.75 Å². The summed E-state index contributed by atoms with van der Waals surface area (Å²) < 4.78 is 47.5. The molecule has 3 fully saturated rings. The third-order valence-electron chi connectivity index (χ3n) is 9.84. The molecule has 1 aromatic heterocycles. The maximum Gasteiger partial charge on any atom is 0.418 e. The number of carbonyl (C=O) groups excluding carboxylic acids is 3. The number of rotatable bonds is 6. The normalized spacial score (nSPS) is 27.4. The van der Waals surface area contributed by atoms with Gasteiger partial charge in [0.05, 0.1) is 28.1 Å². The molecule has 6 unspecified atom stereocenters. The number of nitrogens with zero attached hydrogens (tertiary/aromatic N) is 1. The maximum absolute atomic E-state index is 13.9. The molecule has 4 aromatic rings. The lowest BCUT2D eigenvalue weighted by atomic mass is 9.68. The topological polar surface area (TPSA) is 109 Å². The van der Waals surface area contributed by atoms with Crippen LogP contribution in [-0.2, 0) is 20.6 Å². The number of H-pyrrole nitrogens is 1. The summed E-state index contributed by atoms with van der Waals surface area (Å²) in [5, 5.41) is 3.38. The number of para-hydroxylation sites is 2. The van der Waals surface area contributed by atoms with Crippen LogP contribution < -0.4 is 19.8 Å². The van der Waals surface area contributed by atoms with Gasteiger partial charge in [-0.2, -0.15) is 13.2 Å². The van der Waals surface area contributed by atoms with Crippen LogP contribution in [0.4, 0.5) is 24.5 Å². The number of nitrogens with one attached hydrogen (secondary N) is 2. The van der Waals surface area contributed by atoms with Gasteiger partial charge in [0.2, 0.25) is 11.8 Å². The zero-order valence-electron chi connectivity index (χ0n) is 24.4. The molecule has 47 heavy (non-hydrogen) atoms. The van der Waals surface area contributed by atoms with Crippen LogP contribution in [0.5, 0.6) is 5.75 Å². The molecule has 2 N–H and O–H groups in total. The van der Waals surface area contributed by atoms with Crippen molar-refractivity contribution in [3.63, 3.8) is 0 Å². The van der Waals surface area contributed by atoms with Gasteiger partial charge in [0, 0.05) is 21.7 Å². The number of anilines is 2. The highest BCUT2D eigenvalue weighted by molar-refractivity contribution is 8.00. The Morgan fingerprint density at radius 2 is 1.60 bits per heavy atom. The number of alkyl halides is 3. The van der Waals surface area contributed by atoms with Crippen molar-refractivity contribution in [1.29, 1.82) is 0 Å². The zero-order valence-corrected chi connectivity index (χ0v) is 26.0. The van der Waals surface area contributed by atoms with E-state index in [1.54, 1.807) is 24.3 Å². The highest BCUT2D eigenvalue weighted by atomic mass is 32.2. The lowest BCUT2D eigenvalue weighted by Crippen LogP contribution is -2.42. The van der Waals surface area contributed by atoms with Crippen molar-refractivity contribution in [3.8, 4) is 5.75 Å². The second-order valence-electron chi connectivity index (χ2n) is 12.3. The summed E-state index contributed by atoms with van der Waals surface area (Å²) >= 11 is 2.62. The molecule has 3 amide bonds. The molecule has 240 valence electrons. The van der Waals surface area contributed by atoms with Crippen LogP contribution in [-0.4, -0.2) is 34.6 Å². The van der Waals surface area contributed by atoms with Gasteiger partial charge in [-0.15, -0.1) is 11.8 Å². The molecule has 3 aromatic carbocycles. The van der Waals surface area contributed by atoms with Gasteiger partial charge < -0.3 is 15.0 Å². The summed E-state index contributed by atoms with van der Waals surface area (Å²) in [4.78, 5) is 57.1. The smallest absolute Gasteiger partial charge is 0.418 e. The minimum absolute atomic E-state index is 0.115. The SMILES string of the molecule is O=C(COc1ccc([C@H]2c3sc(=O)[nH]c3SC3C4CC(C5C(=O)N(c6ccccc6C(F)(F)F)C(=O)C45)C32)cc1)Nc1ccccc1. The number of benzene rings is 3. The van der Waals surface area contributed by atoms with Gasteiger partial charge in [-0.05, 0) is 66.1 Å². The van der Waals surface area contributed by atoms with E-state index in [4.69, 9.17) is 4.74 Å². The van der Waals surface area contributed by atoms with Crippen molar-refractivity contribution in [1.82, 2.24) is 4.98 Å². The molecule has 2 bridgehead atoms. The van der Waals surface area contributed by atoms with Crippen LogP contribution in [0, 0.1) is 29.6 Å². The quantitative estimate of drug-likeness (QED) is 0.237. The number of halogens is 3. The molecule has 2 saturated carbocycles. The number of carbonyl (C=O) groups is 3. The molecule has 3 heterocycles. The molecule has 0 spiro atoms. The minimum Gasteiger partial charge on any atom is -0.484 e. The van der Waals surface area contributed by atoms with Gasteiger partial charge in [-0.3, -0.25) is 19.2 Å². The van der Waals surface area contributed by atoms with E-state index < -0.39 is 41.1 Å². The number of thioether (sulfide) groups is 1. The Labute approximate surface area is 274 Å². The Kier molecular flexibility index (Phi) is 7.10. The first-order chi connectivity index (χ1) is 22.6. The van der Waals surface area contributed by atoms with Crippen molar-refractivity contribution in [2.24, 2.45) is 29.6 Å². The molecule has 4 aliphatic rings. The molecular weight excluding hydrogens is 652 g/mol. The number of hydrogen-bond acceptors (Lipinski definition) is 7. The van der Waals surface area contributed by atoms with Crippen molar-refractivity contribution in [3.05, 3.63) is 105 Å². The molecule has 2 aliphatic carbocycles. The Morgan fingerprint density at radius 1 is 0.915 bits per heavy atom. The monoisotopic (exact) mass is 677 g/mol. The number of thiazole rings is 1. The maximum atomic E-state index is 13.9. The van der Waals surface area contributed by atoms with E-state index in [0.29, 0.717) is 17.9 Å². The van der Waals surface area contributed by atoms with Gasteiger partial charge in [-0.1, -0.05) is 53.8 Å². The van der Waals surface area contributed by atoms with Crippen LogP contribution in [0.25, 0.3) is 0 Å². The first-order valence-electron chi connectivity index (χ1n) is 15.1. The standard InChI is InChI=1S/C34H26F3N3O5S2/c35-34(36,37)21-8-4-5-9-22(21)40-31(42)26-19-14-20(27(26)32(40)43)28-25(19)24(29-30(46-28)39-33(44)47-29)16-10-12-18(13-11-16)45-15-23(41)38-17-6-2-1-3-7-17/h1-13,19-20,24-28H,14-15H2,(H,38,41)(H,39,44)/t19?,20?,24-,25?,26?,27?,28?/m1/s1. The first-order valence-corrected chi connectivity index (χ1v) is 16.8. The van der Waals surface area contributed by atoms with E-state index >= 15 is 0 Å². The number of hydrogen-bond donors (Lipinski definition) is 2.